The van der Waals surface area contributed by atoms with Gasteiger partial charge in [0, 0.05) is 24.3 Å². The Labute approximate surface area is 201 Å². The van der Waals surface area contributed by atoms with Crippen LogP contribution in [-0.2, 0) is 15.1 Å². The molecule has 3 fully saturated rings. The smallest absolute Gasteiger partial charge is 0.348 e. The lowest BCUT2D eigenvalue weighted by atomic mass is 9.82. The van der Waals surface area contributed by atoms with Gasteiger partial charge in [-0.3, -0.25) is 0 Å². The number of carbonyl (C=O) groups is 1. The Hall–Kier alpha value is -3.39. The molecule has 0 amide bonds. The third-order valence-electron chi connectivity index (χ3n) is 7.40. The van der Waals surface area contributed by atoms with E-state index in [9.17, 15) is 9.90 Å². The van der Waals surface area contributed by atoms with Crippen molar-refractivity contribution in [3.8, 4) is 11.8 Å². The molecule has 0 saturated carbocycles. The summed E-state index contributed by atoms with van der Waals surface area (Å²) in [5.74, 6) is 6.39. The van der Waals surface area contributed by atoms with E-state index in [1.807, 2.05) is 66.7 Å². The van der Waals surface area contributed by atoms with Crippen LogP contribution in [0.15, 0.2) is 91.0 Å². The van der Waals surface area contributed by atoms with Gasteiger partial charge in [0.25, 0.3) is 0 Å². The van der Waals surface area contributed by atoms with Crippen LogP contribution in [0.2, 0.25) is 0 Å². The van der Waals surface area contributed by atoms with E-state index >= 15 is 0 Å². The summed E-state index contributed by atoms with van der Waals surface area (Å²) in [5, 5.41) is 11.8. The molecule has 0 radical (unpaired) electrons. The van der Waals surface area contributed by atoms with Gasteiger partial charge < -0.3 is 14.3 Å². The van der Waals surface area contributed by atoms with Crippen LogP contribution in [0.5, 0.6) is 0 Å². The summed E-state index contributed by atoms with van der Waals surface area (Å²) in [6.45, 7) is 3.62. The number of benzene rings is 3. The predicted molar refractivity (Wildman–Crippen MR) is 132 cm³/mol. The summed E-state index contributed by atoms with van der Waals surface area (Å²) < 4.78 is 6.99. The molecular weight excluding hydrogens is 422 g/mol. The van der Waals surface area contributed by atoms with E-state index in [-0.39, 0.29) is 6.10 Å². The van der Waals surface area contributed by atoms with E-state index in [0.29, 0.717) is 17.0 Å². The van der Waals surface area contributed by atoms with Crippen LogP contribution < -0.4 is 0 Å². The second kappa shape index (κ2) is 9.46. The number of rotatable bonds is 5. The highest BCUT2D eigenvalue weighted by Gasteiger charge is 2.50. The van der Waals surface area contributed by atoms with Crippen LogP contribution in [0, 0.1) is 17.8 Å². The first-order valence-corrected chi connectivity index (χ1v) is 12.0. The van der Waals surface area contributed by atoms with Crippen LogP contribution in [-0.4, -0.2) is 47.8 Å². The fraction of sp³-hybridized carbons (Fsp3) is 0.300. The van der Waals surface area contributed by atoms with E-state index < -0.39 is 11.6 Å². The number of piperidine rings is 3. The zero-order chi connectivity index (χ0) is 23.4. The van der Waals surface area contributed by atoms with Crippen molar-refractivity contribution in [3.05, 3.63) is 108 Å². The topological polar surface area (TPSA) is 46.5 Å². The Balaban J connectivity index is 1.36. The Morgan fingerprint density at radius 2 is 1.41 bits per heavy atom. The number of hydrogen-bond acceptors (Lipinski definition) is 3. The molecule has 0 unspecified atom stereocenters. The highest BCUT2D eigenvalue weighted by atomic mass is 16.6. The number of carbonyl (C=O) groups excluding carboxylic acids is 1. The molecule has 1 atom stereocenters. The van der Waals surface area contributed by atoms with Crippen molar-refractivity contribution in [2.75, 3.05) is 26.2 Å². The number of esters is 1. The molecule has 3 aliphatic heterocycles. The molecule has 3 heterocycles. The summed E-state index contributed by atoms with van der Waals surface area (Å²) in [6.07, 6.45) is 1.81. The summed E-state index contributed by atoms with van der Waals surface area (Å²) in [6, 6.07) is 28.2. The molecular formula is C30H30NO3+. The third kappa shape index (κ3) is 4.37. The Morgan fingerprint density at radius 1 is 0.882 bits per heavy atom. The summed E-state index contributed by atoms with van der Waals surface area (Å²) in [7, 11) is 0. The van der Waals surface area contributed by atoms with Gasteiger partial charge in [0.1, 0.15) is 13.1 Å². The van der Waals surface area contributed by atoms with Crippen molar-refractivity contribution in [1.82, 2.24) is 0 Å². The van der Waals surface area contributed by atoms with Gasteiger partial charge in [0.2, 0.25) is 5.60 Å². The van der Waals surface area contributed by atoms with Gasteiger partial charge in [0.05, 0.1) is 13.1 Å². The lowest BCUT2D eigenvalue weighted by Crippen LogP contribution is -2.65. The zero-order valence-electron chi connectivity index (χ0n) is 19.3. The molecule has 1 N–H and O–H groups in total. The second-order valence-corrected chi connectivity index (χ2v) is 9.52. The molecule has 172 valence electrons. The lowest BCUT2D eigenvalue weighted by molar-refractivity contribution is -0.939. The van der Waals surface area contributed by atoms with Crippen LogP contribution in [0.25, 0.3) is 0 Å². The van der Waals surface area contributed by atoms with Gasteiger partial charge in [-0.25, -0.2) is 4.79 Å². The average molecular weight is 453 g/mol. The predicted octanol–water partition coefficient (Wildman–Crippen LogP) is 4.13. The molecule has 3 saturated heterocycles. The van der Waals surface area contributed by atoms with Crippen molar-refractivity contribution in [1.29, 1.82) is 0 Å². The molecule has 4 nitrogen and oxygen atoms in total. The van der Waals surface area contributed by atoms with E-state index in [1.165, 1.54) is 0 Å². The van der Waals surface area contributed by atoms with Gasteiger partial charge in [0.15, 0.2) is 6.10 Å². The minimum atomic E-state index is -1.84. The van der Waals surface area contributed by atoms with Gasteiger partial charge >= 0.3 is 5.97 Å². The number of nitrogens with zero attached hydrogens (tertiary/aromatic N) is 1. The Kier molecular flexibility index (Phi) is 6.24. The van der Waals surface area contributed by atoms with Crippen LogP contribution in [0.4, 0.5) is 0 Å². The molecule has 3 aromatic rings. The lowest BCUT2D eigenvalue weighted by Gasteiger charge is -2.51. The van der Waals surface area contributed by atoms with Crippen molar-refractivity contribution >= 4 is 5.97 Å². The number of hydrogen-bond donors (Lipinski definition) is 1. The normalized spacial score (nSPS) is 23.6. The number of ether oxygens (including phenoxy) is 1. The molecule has 3 aromatic carbocycles. The van der Waals surface area contributed by atoms with Crippen molar-refractivity contribution in [2.24, 2.45) is 5.92 Å². The molecule has 4 heteroatoms. The highest BCUT2D eigenvalue weighted by Crippen LogP contribution is 2.38. The molecule has 34 heavy (non-hydrogen) atoms. The van der Waals surface area contributed by atoms with E-state index in [1.54, 1.807) is 24.3 Å². The first kappa shape index (κ1) is 22.4. The van der Waals surface area contributed by atoms with Crippen LogP contribution >= 0.6 is 0 Å². The van der Waals surface area contributed by atoms with Gasteiger partial charge in [-0.15, -0.1) is 0 Å². The summed E-state index contributed by atoms with van der Waals surface area (Å²) >= 11 is 0. The second-order valence-electron chi connectivity index (χ2n) is 9.52. The summed E-state index contributed by atoms with van der Waals surface area (Å²) in [4.78, 5) is 13.6. The first-order chi connectivity index (χ1) is 16.6. The molecule has 0 spiro atoms. The minimum absolute atomic E-state index is 0.215. The van der Waals surface area contributed by atoms with E-state index in [2.05, 4.69) is 11.8 Å². The van der Waals surface area contributed by atoms with Crippen molar-refractivity contribution in [2.45, 2.75) is 24.5 Å². The zero-order valence-corrected chi connectivity index (χ0v) is 19.3. The quantitative estimate of drug-likeness (QED) is 0.360. The monoisotopic (exact) mass is 452 g/mol. The van der Waals surface area contributed by atoms with Gasteiger partial charge in [-0.2, -0.15) is 0 Å². The maximum atomic E-state index is 13.6. The van der Waals surface area contributed by atoms with E-state index in [4.69, 9.17) is 4.74 Å². The number of aliphatic hydroxyl groups is 1. The van der Waals surface area contributed by atoms with Crippen molar-refractivity contribution < 1.29 is 19.1 Å². The largest absolute Gasteiger partial charge is 0.453 e. The maximum absolute atomic E-state index is 13.6. The molecule has 6 rings (SSSR count). The molecule has 2 bridgehead atoms. The average Bonchev–Trinajstić information content (AvgIpc) is 2.90. The fourth-order valence-corrected chi connectivity index (χ4v) is 5.39. The SMILES string of the molecule is O=C(O[C@H]1C[N+]2(CC#Cc3ccccc3)CCC1CC2)C(O)(c1ccccc1)c1ccccc1. The van der Waals surface area contributed by atoms with Gasteiger partial charge in [-0.1, -0.05) is 84.8 Å². The number of quaternary nitrogens is 1. The molecule has 3 aliphatic rings. The van der Waals surface area contributed by atoms with Gasteiger partial charge in [-0.05, 0) is 29.2 Å². The van der Waals surface area contributed by atoms with Crippen LogP contribution in [0.1, 0.15) is 29.5 Å². The Bertz CT molecular complexity index is 1130. The number of fused-ring (bicyclic) bond motifs is 3. The first-order valence-electron chi connectivity index (χ1n) is 12.0. The van der Waals surface area contributed by atoms with Crippen molar-refractivity contribution in [3.63, 3.8) is 0 Å². The fourth-order valence-electron chi connectivity index (χ4n) is 5.39. The molecule has 0 aliphatic carbocycles. The minimum Gasteiger partial charge on any atom is -0.453 e. The van der Waals surface area contributed by atoms with Crippen LogP contribution in [0.3, 0.4) is 0 Å². The van der Waals surface area contributed by atoms with E-state index in [0.717, 1.165) is 49.1 Å². The molecule has 0 aromatic heterocycles. The summed E-state index contributed by atoms with van der Waals surface area (Å²) in [5.41, 5.74) is 0.216. The highest BCUT2D eigenvalue weighted by molar-refractivity contribution is 5.85. The maximum Gasteiger partial charge on any atom is 0.348 e. The third-order valence-corrected chi connectivity index (χ3v) is 7.40. The standard InChI is InChI=1S/C30H30NO3/c32-29(30(33,26-14-6-2-7-15-26)27-16-8-3-9-17-27)34-28-23-31(21-18-25(28)19-22-31)20-10-13-24-11-4-1-5-12-24/h1-9,11-12,14-17,25,28,33H,18-23H2/q+1/t25?,28-,31?/m0/s1. The Morgan fingerprint density at radius 3 is 1.97 bits per heavy atom.